The second-order valence-corrected chi connectivity index (χ2v) is 5.43. The summed E-state index contributed by atoms with van der Waals surface area (Å²) in [5.41, 5.74) is 8.02. The standard InChI is InChI=1S/C14H19N3O/c1-10-4-6-11(7-5-10)8-12-16-13(18-17-12)9-14(2,3)15/h4-7H,8-9,15H2,1-3H3. The predicted molar refractivity (Wildman–Crippen MR) is 70.3 cm³/mol. The van der Waals surface area contributed by atoms with Gasteiger partial charge in [-0.05, 0) is 26.3 Å². The van der Waals surface area contributed by atoms with Crippen LogP contribution < -0.4 is 5.73 Å². The van der Waals surface area contributed by atoms with Gasteiger partial charge in [-0.3, -0.25) is 0 Å². The minimum Gasteiger partial charge on any atom is -0.339 e. The molecule has 2 N–H and O–H groups in total. The molecule has 0 bridgehead atoms. The summed E-state index contributed by atoms with van der Waals surface area (Å²) in [6.07, 6.45) is 1.28. The van der Waals surface area contributed by atoms with Crippen molar-refractivity contribution in [3.05, 3.63) is 47.1 Å². The molecule has 1 heterocycles. The molecule has 2 aromatic rings. The lowest BCUT2D eigenvalue weighted by molar-refractivity contribution is 0.345. The summed E-state index contributed by atoms with van der Waals surface area (Å²) in [6, 6.07) is 8.33. The van der Waals surface area contributed by atoms with Crippen LogP contribution in [0, 0.1) is 6.92 Å². The van der Waals surface area contributed by atoms with Gasteiger partial charge in [0.05, 0.1) is 0 Å². The normalized spacial score (nSPS) is 11.8. The van der Waals surface area contributed by atoms with Crippen LogP contribution in [0.2, 0.25) is 0 Å². The molecule has 4 heteroatoms. The molecule has 1 aromatic carbocycles. The smallest absolute Gasteiger partial charge is 0.228 e. The van der Waals surface area contributed by atoms with Crippen molar-refractivity contribution in [3.8, 4) is 0 Å². The molecule has 4 nitrogen and oxygen atoms in total. The van der Waals surface area contributed by atoms with E-state index >= 15 is 0 Å². The van der Waals surface area contributed by atoms with Crippen molar-refractivity contribution in [2.75, 3.05) is 0 Å². The molecule has 0 spiro atoms. The molecule has 0 aliphatic heterocycles. The fourth-order valence-corrected chi connectivity index (χ4v) is 1.71. The highest BCUT2D eigenvalue weighted by Gasteiger charge is 2.17. The van der Waals surface area contributed by atoms with E-state index in [-0.39, 0.29) is 5.54 Å². The van der Waals surface area contributed by atoms with E-state index < -0.39 is 0 Å². The molecule has 0 atom stereocenters. The Morgan fingerprint density at radius 1 is 1.22 bits per heavy atom. The summed E-state index contributed by atoms with van der Waals surface area (Å²) >= 11 is 0. The summed E-state index contributed by atoms with van der Waals surface area (Å²) in [7, 11) is 0. The topological polar surface area (TPSA) is 64.9 Å². The number of aryl methyl sites for hydroxylation is 1. The van der Waals surface area contributed by atoms with Crippen LogP contribution in [0.1, 0.15) is 36.7 Å². The Hall–Kier alpha value is -1.68. The molecule has 18 heavy (non-hydrogen) atoms. The van der Waals surface area contributed by atoms with Gasteiger partial charge in [-0.2, -0.15) is 4.98 Å². The van der Waals surface area contributed by atoms with Gasteiger partial charge in [-0.1, -0.05) is 35.0 Å². The van der Waals surface area contributed by atoms with Gasteiger partial charge in [-0.15, -0.1) is 0 Å². The average Bonchev–Trinajstić information content (AvgIpc) is 2.66. The van der Waals surface area contributed by atoms with Crippen LogP contribution in [0.5, 0.6) is 0 Å². The molecule has 0 unspecified atom stereocenters. The van der Waals surface area contributed by atoms with Crippen LogP contribution >= 0.6 is 0 Å². The van der Waals surface area contributed by atoms with Crippen molar-refractivity contribution in [1.29, 1.82) is 0 Å². The number of aromatic nitrogens is 2. The first-order chi connectivity index (χ1) is 8.42. The van der Waals surface area contributed by atoms with Crippen LogP contribution in [0.4, 0.5) is 0 Å². The summed E-state index contributed by atoms with van der Waals surface area (Å²) in [5.74, 6) is 1.31. The molecule has 96 valence electrons. The fourth-order valence-electron chi connectivity index (χ4n) is 1.71. The quantitative estimate of drug-likeness (QED) is 0.897. The molecule has 2 rings (SSSR count). The van der Waals surface area contributed by atoms with Gasteiger partial charge in [0.2, 0.25) is 5.89 Å². The molecule has 0 saturated heterocycles. The number of hydrogen-bond donors (Lipinski definition) is 1. The Morgan fingerprint density at radius 2 is 1.89 bits per heavy atom. The Balaban J connectivity index is 2.04. The van der Waals surface area contributed by atoms with E-state index in [1.807, 2.05) is 13.8 Å². The second kappa shape index (κ2) is 4.90. The van der Waals surface area contributed by atoms with Gasteiger partial charge in [0.1, 0.15) is 0 Å². The van der Waals surface area contributed by atoms with Gasteiger partial charge in [0.15, 0.2) is 5.82 Å². The van der Waals surface area contributed by atoms with Gasteiger partial charge in [0, 0.05) is 18.4 Å². The molecular formula is C14H19N3O. The Bertz CT molecular complexity index is 509. The summed E-state index contributed by atoms with van der Waals surface area (Å²) < 4.78 is 5.20. The Morgan fingerprint density at radius 3 is 2.50 bits per heavy atom. The van der Waals surface area contributed by atoms with Crippen molar-refractivity contribution in [3.63, 3.8) is 0 Å². The van der Waals surface area contributed by atoms with Gasteiger partial charge >= 0.3 is 0 Å². The van der Waals surface area contributed by atoms with E-state index in [9.17, 15) is 0 Å². The lowest BCUT2D eigenvalue weighted by atomic mass is 10.0. The van der Waals surface area contributed by atoms with Crippen LogP contribution in [0.25, 0.3) is 0 Å². The molecule has 0 aliphatic carbocycles. The third kappa shape index (κ3) is 3.67. The molecule has 0 fully saturated rings. The number of nitrogens with two attached hydrogens (primary N) is 1. The number of hydrogen-bond acceptors (Lipinski definition) is 4. The maximum Gasteiger partial charge on any atom is 0.228 e. The van der Waals surface area contributed by atoms with Crippen LogP contribution in [-0.2, 0) is 12.8 Å². The molecule has 0 radical (unpaired) electrons. The number of rotatable bonds is 4. The Labute approximate surface area is 107 Å². The summed E-state index contributed by atoms with van der Waals surface area (Å²) in [6.45, 7) is 5.95. The van der Waals surface area contributed by atoms with Crippen molar-refractivity contribution in [2.45, 2.75) is 39.2 Å². The summed E-state index contributed by atoms with van der Waals surface area (Å²) in [4.78, 5) is 4.36. The second-order valence-electron chi connectivity index (χ2n) is 5.43. The van der Waals surface area contributed by atoms with Gasteiger partial charge < -0.3 is 10.3 Å². The first-order valence-electron chi connectivity index (χ1n) is 6.08. The van der Waals surface area contributed by atoms with Crippen LogP contribution in [0.3, 0.4) is 0 Å². The highest BCUT2D eigenvalue weighted by atomic mass is 16.5. The monoisotopic (exact) mass is 245 g/mol. The minimum atomic E-state index is -0.326. The molecule has 0 aliphatic rings. The first-order valence-corrected chi connectivity index (χ1v) is 6.08. The van der Waals surface area contributed by atoms with E-state index in [0.29, 0.717) is 24.6 Å². The van der Waals surface area contributed by atoms with Crippen molar-refractivity contribution in [2.24, 2.45) is 5.73 Å². The summed E-state index contributed by atoms with van der Waals surface area (Å²) in [5, 5.41) is 3.98. The lowest BCUT2D eigenvalue weighted by Crippen LogP contribution is -2.34. The highest BCUT2D eigenvalue weighted by Crippen LogP contribution is 2.11. The van der Waals surface area contributed by atoms with Crippen LogP contribution in [0.15, 0.2) is 28.8 Å². The molecule has 0 amide bonds. The molecule has 0 saturated carbocycles. The van der Waals surface area contributed by atoms with Gasteiger partial charge in [-0.25, -0.2) is 0 Å². The Kier molecular flexibility index (Phi) is 3.48. The SMILES string of the molecule is Cc1ccc(Cc2noc(CC(C)(C)N)n2)cc1. The predicted octanol–water partition coefficient (Wildman–Crippen LogP) is 2.25. The third-order valence-electron chi connectivity index (χ3n) is 2.60. The highest BCUT2D eigenvalue weighted by molar-refractivity contribution is 5.23. The van der Waals surface area contributed by atoms with E-state index in [4.69, 9.17) is 10.3 Å². The van der Waals surface area contributed by atoms with Crippen molar-refractivity contribution in [1.82, 2.24) is 10.1 Å². The van der Waals surface area contributed by atoms with Gasteiger partial charge in [0.25, 0.3) is 0 Å². The minimum absolute atomic E-state index is 0.326. The fraction of sp³-hybridized carbons (Fsp3) is 0.429. The third-order valence-corrected chi connectivity index (χ3v) is 2.60. The largest absolute Gasteiger partial charge is 0.339 e. The molecular weight excluding hydrogens is 226 g/mol. The van der Waals surface area contributed by atoms with E-state index in [2.05, 4.69) is 41.3 Å². The zero-order valence-corrected chi connectivity index (χ0v) is 11.1. The lowest BCUT2D eigenvalue weighted by Gasteiger charge is -2.14. The average molecular weight is 245 g/mol. The molecule has 1 aromatic heterocycles. The zero-order chi connectivity index (χ0) is 13.2. The number of benzene rings is 1. The maximum atomic E-state index is 5.92. The van der Waals surface area contributed by atoms with E-state index in [1.54, 1.807) is 0 Å². The van der Waals surface area contributed by atoms with Crippen molar-refractivity contribution >= 4 is 0 Å². The van der Waals surface area contributed by atoms with E-state index in [0.717, 1.165) is 0 Å². The van der Waals surface area contributed by atoms with Crippen molar-refractivity contribution < 1.29 is 4.52 Å². The maximum absolute atomic E-state index is 5.92. The van der Waals surface area contributed by atoms with Crippen LogP contribution in [-0.4, -0.2) is 15.7 Å². The first kappa shape index (κ1) is 12.8. The number of nitrogens with zero attached hydrogens (tertiary/aromatic N) is 2. The zero-order valence-electron chi connectivity index (χ0n) is 11.1. The van der Waals surface area contributed by atoms with E-state index in [1.165, 1.54) is 11.1 Å².